The summed E-state index contributed by atoms with van der Waals surface area (Å²) in [6.07, 6.45) is 3.36. The molecule has 0 bridgehead atoms. The van der Waals surface area contributed by atoms with Gasteiger partial charge in [-0.1, -0.05) is 42.7 Å². The summed E-state index contributed by atoms with van der Waals surface area (Å²) in [6.45, 7) is 4.25. The van der Waals surface area contributed by atoms with E-state index in [1.54, 1.807) is 25.0 Å². The Balaban J connectivity index is 2.01. The highest BCUT2D eigenvalue weighted by Crippen LogP contribution is 2.27. The normalized spacial score (nSPS) is 14.6. The van der Waals surface area contributed by atoms with Crippen molar-refractivity contribution in [2.24, 2.45) is 0 Å². The standard InChI is InChI=1S/C17H21BCl2N2O3/c1-3-17(24)22(13-6-7-13)10-16(23)21-15(18(2)25)8-11-4-5-12(19)9-14(11)20/h3-5,9,13,15,25H,1,6-8,10H2,2H3,(H,21,23)/t15-/m0/s1. The second kappa shape index (κ2) is 8.74. The highest BCUT2D eigenvalue weighted by molar-refractivity contribution is 6.51. The van der Waals surface area contributed by atoms with Crippen LogP contribution in [0.5, 0.6) is 0 Å². The monoisotopic (exact) mass is 382 g/mol. The van der Waals surface area contributed by atoms with Gasteiger partial charge in [0.05, 0.1) is 0 Å². The molecule has 2 N–H and O–H groups in total. The molecule has 1 aromatic carbocycles. The summed E-state index contributed by atoms with van der Waals surface area (Å²) in [6, 6.07) is 5.20. The molecule has 0 unspecified atom stereocenters. The second-order valence-electron chi connectivity index (χ2n) is 6.26. The van der Waals surface area contributed by atoms with Crippen molar-refractivity contribution in [3.63, 3.8) is 0 Å². The number of rotatable bonds is 8. The van der Waals surface area contributed by atoms with E-state index in [0.717, 1.165) is 18.4 Å². The molecule has 1 aliphatic carbocycles. The molecule has 0 aromatic heterocycles. The number of hydrogen-bond acceptors (Lipinski definition) is 3. The van der Waals surface area contributed by atoms with Crippen LogP contribution in [0.3, 0.4) is 0 Å². The minimum Gasteiger partial charge on any atom is -0.449 e. The SMILES string of the molecule is C=CC(=O)N(CC(=O)N[C@@H](Cc1ccc(Cl)cc1Cl)B(C)O)C1CC1. The Hall–Kier alpha value is -1.50. The maximum atomic E-state index is 12.3. The second-order valence-corrected chi connectivity index (χ2v) is 7.10. The molecule has 134 valence electrons. The highest BCUT2D eigenvalue weighted by Gasteiger charge is 2.33. The molecule has 0 heterocycles. The van der Waals surface area contributed by atoms with Gasteiger partial charge >= 0.3 is 6.92 Å². The van der Waals surface area contributed by atoms with Crippen molar-refractivity contribution in [3.05, 3.63) is 46.5 Å². The molecule has 1 atom stereocenters. The van der Waals surface area contributed by atoms with Crippen LogP contribution in [-0.4, -0.2) is 47.2 Å². The van der Waals surface area contributed by atoms with E-state index in [2.05, 4.69) is 11.9 Å². The third-order valence-electron chi connectivity index (χ3n) is 4.14. The van der Waals surface area contributed by atoms with E-state index in [1.165, 1.54) is 11.0 Å². The van der Waals surface area contributed by atoms with E-state index in [0.29, 0.717) is 16.5 Å². The van der Waals surface area contributed by atoms with Crippen molar-refractivity contribution in [3.8, 4) is 0 Å². The Bertz CT molecular complexity index is 665. The van der Waals surface area contributed by atoms with Crippen LogP contribution in [0, 0.1) is 0 Å². The first-order valence-corrected chi connectivity index (χ1v) is 8.91. The van der Waals surface area contributed by atoms with Crippen molar-refractivity contribution in [1.29, 1.82) is 0 Å². The van der Waals surface area contributed by atoms with E-state index in [1.807, 2.05) is 0 Å². The number of hydrogen-bond donors (Lipinski definition) is 2. The van der Waals surface area contributed by atoms with Gasteiger partial charge in [-0.25, -0.2) is 0 Å². The van der Waals surface area contributed by atoms with Crippen LogP contribution in [0.1, 0.15) is 18.4 Å². The summed E-state index contributed by atoms with van der Waals surface area (Å²) < 4.78 is 0. The summed E-state index contributed by atoms with van der Waals surface area (Å²) in [5.74, 6) is -1.10. The van der Waals surface area contributed by atoms with Gasteiger partial charge < -0.3 is 15.2 Å². The van der Waals surface area contributed by atoms with Crippen LogP contribution in [0.4, 0.5) is 0 Å². The topological polar surface area (TPSA) is 69.6 Å². The average Bonchev–Trinajstić information content (AvgIpc) is 3.38. The summed E-state index contributed by atoms with van der Waals surface area (Å²) >= 11 is 12.1. The molecule has 0 saturated heterocycles. The zero-order chi connectivity index (χ0) is 18.6. The smallest absolute Gasteiger partial charge is 0.309 e. The van der Waals surface area contributed by atoms with Crippen molar-refractivity contribution in [2.45, 2.75) is 38.1 Å². The number of carbonyl (C=O) groups is 2. The van der Waals surface area contributed by atoms with Gasteiger partial charge in [0.25, 0.3) is 0 Å². The van der Waals surface area contributed by atoms with Gasteiger partial charge in [0.15, 0.2) is 0 Å². The number of carbonyl (C=O) groups excluding carboxylic acids is 2. The van der Waals surface area contributed by atoms with Crippen LogP contribution in [-0.2, 0) is 16.0 Å². The summed E-state index contributed by atoms with van der Waals surface area (Å²) in [5, 5.41) is 13.8. The Morgan fingerprint density at radius 1 is 1.48 bits per heavy atom. The van der Waals surface area contributed by atoms with Crippen LogP contribution < -0.4 is 5.32 Å². The Kier molecular flexibility index (Phi) is 6.93. The lowest BCUT2D eigenvalue weighted by molar-refractivity contribution is -0.133. The Morgan fingerprint density at radius 3 is 2.68 bits per heavy atom. The van der Waals surface area contributed by atoms with Crippen molar-refractivity contribution in [2.75, 3.05) is 6.54 Å². The molecule has 1 aliphatic rings. The third-order valence-corrected chi connectivity index (χ3v) is 4.73. The number of benzene rings is 1. The number of amides is 2. The van der Waals surface area contributed by atoms with Crippen LogP contribution in [0.15, 0.2) is 30.9 Å². The Labute approximate surface area is 158 Å². The molecule has 0 radical (unpaired) electrons. The van der Waals surface area contributed by atoms with Crippen LogP contribution in [0.25, 0.3) is 0 Å². The lowest BCUT2D eigenvalue weighted by atomic mass is 9.61. The van der Waals surface area contributed by atoms with Gasteiger partial charge in [-0.2, -0.15) is 0 Å². The zero-order valence-electron chi connectivity index (χ0n) is 14.0. The summed E-state index contributed by atoms with van der Waals surface area (Å²) in [5.41, 5.74) is 0.776. The molecule has 25 heavy (non-hydrogen) atoms. The predicted molar refractivity (Wildman–Crippen MR) is 101 cm³/mol. The fourth-order valence-electron chi connectivity index (χ4n) is 2.56. The van der Waals surface area contributed by atoms with Crippen molar-refractivity contribution in [1.82, 2.24) is 10.2 Å². The van der Waals surface area contributed by atoms with E-state index < -0.39 is 12.9 Å². The van der Waals surface area contributed by atoms with Crippen molar-refractivity contribution >= 4 is 41.9 Å². The van der Waals surface area contributed by atoms with Gasteiger partial charge in [0, 0.05) is 22.0 Å². The first-order chi connectivity index (χ1) is 11.8. The van der Waals surface area contributed by atoms with Gasteiger partial charge in [-0.05, 0) is 43.0 Å². The Morgan fingerprint density at radius 2 is 2.16 bits per heavy atom. The van der Waals surface area contributed by atoms with Gasteiger partial charge in [0.2, 0.25) is 11.8 Å². The van der Waals surface area contributed by atoms with E-state index in [-0.39, 0.29) is 24.4 Å². The van der Waals surface area contributed by atoms with Gasteiger partial charge in [0.1, 0.15) is 6.54 Å². The van der Waals surface area contributed by atoms with Gasteiger partial charge in [-0.3, -0.25) is 9.59 Å². The van der Waals surface area contributed by atoms with Gasteiger partial charge in [-0.15, -0.1) is 0 Å². The van der Waals surface area contributed by atoms with E-state index in [9.17, 15) is 14.6 Å². The average molecular weight is 383 g/mol. The molecular weight excluding hydrogens is 362 g/mol. The lowest BCUT2D eigenvalue weighted by Gasteiger charge is -2.24. The largest absolute Gasteiger partial charge is 0.449 e. The molecule has 1 aromatic rings. The number of nitrogens with zero attached hydrogens (tertiary/aromatic N) is 1. The summed E-state index contributed by atoms with van der Waals surface area (Å²) in [4.78, 5) is 25.7. The first-order valence-electron chi connectivity index (χ1n) is 8.16. The quantitative estimate of drug-likeness (QED) is 0.535. The molecule has 2 rings (SSSR count). The molecule has 0 spiro atoms. The first kappa shape index (κ1) is 19.8. The minimum absolute atomic E-state index is 0.0485. The molecule has 8 heteroatoms. The maximum absolute atomic E-state index is 12.3. The molecule has 1 fully saturated rings. The minimum atomic E-state index is -0.778. The van der Waals surface area contributed by atoms with E-state index in [4.69, 9.17) is 23.2 Å². The molecular formula is C17H21BCl2N2O3. The molecule has 2 amide bonds. The maximum Gasteiger partial charge on any atom is 0.309 e. The number of nitrogens with one attached hydrogen (secondary N) is 1. The third kappa shape index (κ3) is 5.77. The fraction of sp³-hybridized carbons (Fsp3) is 0.412. The number of halogens is 2. The zero-order valence-corrected chi connectivity index (χ0v) is 15.6. The molecule has 5 nitrogen and oxygen atoms in total. The predicted octanol–water partition coefficient (Wildman–Crippen LogP) is 2.35. The van der Waals surface area contributed by atoms with Crippen LogP contribution in [0.2, 0.25) is 16.9 Å². The van der Waals surface area contributed by atoms with Crippen molar-refractivity contribution < 1.29 is 14.6 Å². The summed E-state index contributed by atoms with van der Waals surface area (Å²) in [7, 11) is 0. The van der Waals surface area contributed by atoms with Crippen LogP contribution >= 0.6 is 23.2 Å². The molecule has 0 aliphatic heterocycles. The van der Waals surface area contributed by atoms with E-state index >= 15 is 0 Å². The lowest BCUT2D eigenvalue weighted by Crippen LogP contribution is -2.50. The molecule has 1 saturated carbocycles. The fourth-order valence-corrected chi connectivity index (χ4v) is 3.05. The highest BCUT2D eigenvalue weighted by atomic mass is 35.5.